The standard InChI is InChI=1S/2C10H16O3/c1-4-13-6-5-8(2)7-9(3)10(11)12;1-3-13-8-6-4-5-7-9(2)10(11)12/h4,7-8H,1,5-6H2,2-3H3,(H,11,12);3H,1-2,4-8H2,(H,11,12). The molecule has 0 saturated heterocycles. The number of carboxylic acids is 2. The second-order valence-corrected chi connectivity index (χ2v) is 5.72. The van der Waals surface area contributed by atoms with Crippen LogP contribution in [0.5, 0.6) is 0 Å². The van der Waals surface area contributed by atoms with Crippen molar-refractivity contribution in [3.05, 3.63) is 49.5 Å². The van der Waals surface area contributed by atoms with Crippen LogP contribution < -0.4 is 0 Å². The largest absolute Gasteiger partial charge is 0.502 e. The van der Waals surface area contributed by atoms with E-state index in [1.807, 2.05) is 6.92 Å². The number of unbranched alkanes of at least 4 members (excludes halogenated alkanes) is 2. The number of hydrogen-bond donors (Lipinski definition) is 2. The second kappa shape index (κ2) is 17.3. The van der Waals surface area contributed by atoms with Gasteiger partial charge in [0.05, 0.1) is 25.7 Å². The Morgan fingerprint density at radius 1 is 1.00 bits per heavy atom. The average molecular weight is 368 g/mol. The van der Waals surface area contributed by atoms with Crippen molar-refractivity contribution in [2.45, 2.75) is 46.0 Å². The third-order valence-corrected chi connectivity index (χ3v) is 3.34. The zero-order valence-corrected chi connectivity index (χ0v) is 15.9. The third-order valence-electron chi connectivity index (χ3n) is 3.34. The van der Waals surface area contributed by atoms with Gasteiger partial charge >= 0.3 is 11.9 Å². The lowest BCUT2D eigenvalue weighted by molar-refractivity contribution is -0.133. The molecule has 0 aliphatic rings. The highest BCUT2D eigenvalue weighted by atomic mass is 16.5. The third kappa shape index (κ3) is 17.8. The molecular weight excluding hydrogens is 336 g/mol. The van der Waals surface area contributed by atoms with Crippen LogP contribution in [-0.2, 0) is 19.1 Å². The van der Waals surface area contributed by atoms with E-state index >= 15 is 0 Å². The van der Waals surface area contributed by atoms with Gasteiger partial charge in [0.1, 0.15) is 0 Å². The molecule has 0 radical (unpaired) electrons. The highest BCUT2D eigenvalue weighted by molar-refractivity contribution is 5.86. The summed E-state index contributed by atoms with van der Waals surface area (Å²) in [6.45, 7) is 15.1. The summed E-state index contributed by atoms with van der Waals surface area (Å²) in [4.78, 5) is 20.8. The maximum atomic E-state index is 10.4. The fourth-order valence-corrected chi connectivity index (χ4v) is 1.81. The fourth-order valence-electron chi connectivity index (χ4n) is 1.81. The molecule has 0 amide bonds. The normalized spacial score (nSPS) is 11.4. The van der Waals surface area contributed by atoms with Crippen LogP contribution in [0.2, 0.25) is 0 Å². The van der Waals surface area contributed by atoms with Gasteiger partial charge in [-0.25, -0.2) is 9.59 Å². The van der Waals surface area contributed by atoms with Gasteiger partial charge in [0, 0.05) is 11.1 Å². The van der Waals surface area contributed by atoms with E-state index < -0.39 is 11.9 Å². The number of carboxylic acid groups (broad SMARTS) is 2. The van der Waals surface area contributed by atoms with E-state index in [0.717, 1.165) is 25.7 Å². The molecule has 0 aliphatic carbocycles. The van der Waals surface area contributed by atoms with Crippen LogP contribution in [0.3, 0.4) is 0 Å². The molecule has 0 fully saturated rings. The smallest absolute Gasteiger partial charge is 0.330 e. The van der Waals surface area contributed by atoms with Crippen LogP contribution in [0.1, 0.15) is 46.0 Å². The van der Waals surface area contributed by atoms with Crippen LogP contribution in [0.4, 0.5) is 0 Å². The van der Waals surface area contributed by atoms with Gasteiger partial charge < -0.3 is 19.7 Å². The molecule has 6 heteroatoms. The van der Waals surface area contributed by atoms with Crippen LogP contribution in [-0.4, -0.2) is 35.4 Å². The first-order chi connectivity index (χ1) is 12.3. The quantitative estimate of drug-likeness (QED) is 0.265. The predicted octanol–water partition coefficient (Wildman–Crippen LogP) is 4.55. The van der Waals surface area contributed by atoms with E-state index in [0.29, 0.717) is 25.2 Å². The Kier molecular flexibility index (Phi) is 17.2. The molecule has 0 saturated carbocycles. The molecule has 0 spiro atoms. The Bertz CT molecular complexity index is 479. The van der Waals surface area contributed by atoms with Crippen molar-refractivity contribution in [3.8, 4) is 0 Å². The van der Waals surface area contributed by atoms with Crippen LogP contribution in [0.25, 0.3) is 0 Å². The van der Waals surface area contributed by atoms with Gasteiger partial charge in [0.25, 0.3) is 0 Å². The number of aliphatic carboxylic acids is 2. The maximum absolute atomic E-state index is 10.4. The number of rotatable bonds is 14. The Morgan fingerprint density at radius 3 is 2.08 bits per heavy atom. The van der Waals surface area contributed by atoms with Crippen molar-refractivity contribution in [1.82, 2.24) is 0 Å². The minimum atomic E-state index is -0.901. The fraction of sp³-hybridized carbons (Fsp3) is 0.500. The summed E-state index contributed by atoms with van der Waals surface area (Å²) in [5.74, 6) is -1.55. The van der Waals surface area contributed by atoms with Gasteiger partial charge in [0.15, 0.2) is 0 Å². The van der Waals surface area contributed by atoms with Crippen LogP contribution in [0.15, 0.2) is 49.5 Å². The van der Waals surface area contributed by atoms with Gasteiger partial charge in [-0.3, -0.25) is 0 Å². The average Bonchev–Trinajstić information content (AvgIpc) is 2.58. The molecule has 0 aromatic rings. The van der Waals surface area contributed by atoms with E-state index in [4.69, 9.17) is 19.7 Å². The predicted molar refractivity (Wildman–Crippen MR) is 103 cm³/mol. The second-order valence-electron chi connectivity index (χ2n) is 5.72. The number of ether oxygens (including phenoxy) is 2. The lowest BCUT2D eigenvalue weighted by atomic mass is 10.1. The van der Waals surface area contributed by atoms with Gasteiger partial charge in [-0.1, -0.05) is 32.7 Å². The maximum Gasteiger partial charge on any atom is 0.330 e. The van der Waals surface area contributed by atoms with E-state index in [9.17, 15) is 9.59 Å². The van der Waals surface area contributed by atoms with Gasteiger partial charge in [0.2, 0.25) is 0 Å². The molecule has 2 N–H and O–H groups in total. The van der Waals surface area contributed by atoms with Crippen molar-refractivity contribution >= 4 is 11.9 Å². The Labute approximate surface area is 156 Å². The number of allylic oxidation sites excluding steroid dienone is 1. The molecule has 148 valence electrons. The molecule has 26 heavy (non-hydrogen) atoms. The number of hydrogen-bond acceptors (Lipinski definition) is 4. The van der Waals surface area contributed by atoms with Gasteiger partial charge in [-0.15, -0.1) is 0 Å². The first-order valence-corrected chi connectivity index (χ1v) is 8.54. The summed E-state index contributed by atoms with van der Waals surface area (Å²) >= 11 is 0. The molecule has 0 aromatic carbocycles. The van der Waals surface area contributed by atoms with Crippen molar-refractivity contribution in [2.75, 3.05) is 13.2 Å². The van der Waals surface area contributed by atoms with Gasteiger partial charge in [-0.2, -0.15) is 0 Å². The van der Waals surface area contributed by atoms with Gasteiger partial charge in [-0.05, 0) is 44.9 Å². The molecule has 1 unspecified atom stereocenters. The van der Waals surface area contributed by atoms with Crippen molar-refractivity contribution in [3.63, 3.8) is 0 Å². The highest BCUT2D eigenvalue weighted by Gasteiger charge is 2.04. The summed E-state index contributed by atoms with van der Waals surface area (Å²) < 4.78 is 9.85. The summed E-state index contributed by atoms with van der Waals surface area (Å²) in [7, 11) is 0. The molecular formula is C20H32O6. The lowest BCUT2D eigenvalue weighted by Crippen LogP contribution is -2.01. The molecule has 0 bridgehead atoms. The minimum Gasteiger partial charge on any atom is -0.502 e. The minimum absolute atomic E-state index is 0.219. The molecule has 0 aromatic heterocycles. The molecule has 0 aliphatic heterocycles. The van der Waals surface area contributed by atoms with Crippen LogP contribution >= 0.6 is 0 Å². The molecule has 1 atom stereocenters. The highest BCUT2D eigenvalue weighted by Crippen LogP contribution is 2.08. The van der Waals surface area contributed by atoms with E-state index in [1.54, 1.807) is 13.0 Å². The first-order valence-electron chi connectivity index (χ1n) is 8.54. The number of carbonyl (C=O) groups is 2. The van der Waals surface area contributed by atoms with Crippen molar-refractivity contribution < 1.29 is 29.3 Å². The summed E-state index contributed by atoms with van der Waals surface area (Å²) in [5, 5.41) is 17.1. The summed E-state index contributed by atoms with van der Waals surface area (Å²) in [6.07, 6.45) is 8.64. The Morgan fingerprint density at radius 2 is 1.58 bits per heavy atom. The zero-order chi connectivity index (χ0) is 20.4. The van der Waals surface area contributed by atoms with Crippen molar-refractivity contribution in [1.29, 1.82) is 0 Å². The molecule has 0 rings (SSSR count). The molecule has 0 heterocycles. The van der Waals surface area contributed by atoms with Crippen LogP contribution in [0, 0.1) is 5.92 Å². The van der Waals surface area contributed by atoms with Crippen molar-refractivity contribution in [2.24, 2.45) is 5.92 Å². The van der Waals surface area contributed by atoms with E-state index in [-0.39, 0.29) is 11.5 Å². The zero-order valence-electron chi connectivity index (χ0n) is 15.9. The topological polar surface area (TPSA) is 93.1 Å². The lowest BCUT2D eigenvalue weighted by Gasteiger charge is -2.06. The summed E-state index contributed by atoms with van der Waals surface area (Å²) in [5.41, 5.74) is 0.663. The SMILES string of the molecule is C=COCCC(C)C=C(C)C(=O)O.C=COCCCCCC(=C)C(=O)O. The first kappa shape index (κ1) is 25.7. The summed E-state index contributed by atoms with van der Waals surface area (Å²) in [6, 6.07) is 0. The Hall–Kier alpha value is -2.50. The van der Waals surface area contributed by atoms with E-state index in [2.05, 4.69) is 19.7 Å². The monoisotopic (exact) mass is 368 g/mol. The Balaban J connectivity index is 0. The molecule has 6 nitrogen and oxygen atoms in total. The van der Waals surface area contributed by atoms with E-state index in [1.165, 1.54) is 12.5 Å².